The minimum Gasteiger partial charge on any atom is -0.393 e. The molecule has 1 saturated carbocycles. The largest absolute Gasteiger partial charge is 0.393 e. The Hall–Kier alpha value is -1.39. The first-order valence-corrected chi connectivity index (χ1v) is 7.87. The number of benzene rings is 1. The molecule has 1 unspecified atom stereocenters. The summed E-state index contributed by atoms with van der Waals surface area (Å²) in [7, 11) is 2.02. The fraction of sp³-hybridized carbons (Fsp3) is 0.588. The number of aryl methyl sites for hydroxylation is 1. The molecular weight excluding hydrogens is 264 g/mol. The molecule has 0 saturated heterocycles. The highest BCUT2D eigenvalue weighted by Gasteiger charge is 2.31. The molecule has 21 heavy (non-hydrogen) atoms. The second kappa shape index (κ2) is 6.16. The first-order valence-electron chi connectivity index (χ1n) is 7.87. The monoisotopic (exact) mass is 288 g/mol. The van der Waals surface area contributed by atoms with Gasteiger partial charge in [-0.2, -0.15) is 0 Å². The Labute approximate surface area is 125 Å². The molecule has 1 aliphatic rings. The van der Waals surface area contributed by atoms with E-state index in [4.69, 9.17) is 4.74 Å². The van der Waals surface area contributed by atoms with Gasteiger partial charge in [-0.25, -0.2) is 4.98 Å². The van der Waals surface area contributed by atoms with Crippen LogP contribution in [0.4, 0.5) is 0 Å². The van der Waals surface area contributed by atoms with E-state index in [9.17, 15) is 5.11 Å². The van der Waals surface area contributed by atoms with Crippen LogP contribution in [0.3, 0.4) is 0 Å². The molecule has 1 atom stereocenters. The van der Waals surface area contributed by atoms with Crippen molar-refractivity contribution in [2.75, 3.05) is 6.61 Å². The van der Waals surface area contributed by atoms with Crippen molar-refractivity contribution in [3.8, 4) is 0 Å². The molecular formula is C17H24N2O2. The average molecular weight is 288 g/mol. The molecule has 2 aromatic rings. The van der Waals surface area contributed by atoms with Crippen LogP contribution in [0.25, 0.3) is 11.0 Å². The lowest BCUT2D eigenvalue weighted by Crippen LogP contribution is -2.34. The maximum absolute atomic E-state index is 10.3. The summed E-state index contributed by atoms with van der Waals surface area (Å²) in [5.74, 6) is 1.57. The lowest BCUT2D eigenvalue weighted by molar-refractivity contribution is -0.0377. The van der Waals surface area contributed by atoms with Gasteiger partial charge in [0.2, 0.25) is 0 Å². The number of aliphatic hydroxyl groups is 1. The van der Waals surface area contributed by atoms with E-state index in [1.807, 2.05) is 32.2 Å². The van der Waals surface area contributed by atoms with Crippen LogP contribution < -0.4 is 0 Å². The zero-order valence-electron chi connectivity index (χ0n) is 12.8. The second-order valence-corrected chi connectivity index (χ2v) is 6.08. The molecule has 1 heterocycles. The number of rotatable bonds is 6. The summed E-state index contributed by atoms with van der Waals surface area (Å²) in [4.78, 5) is 4.63. The third-order valence-electron chi connectivity index (χ3n) is 4.50. The van der Waals surface area contributed by atoms with Crippen molar-refractivity contribution in [3.05, 3.63) is 30.1 Å². The first-order chi connectivity index (χ1) is 10.2. The zero-order chi connectivity index (χ0) is 14.8. The van der Waals surface area contributed by atoms with Crippen molar-refractivity contribution < 1.29 is 9.84 Å². The van der Waals surface area contributed by atoms with E-state index >= 15 is 0 Å². The summed E-state index contributed by atoms with van der Waals surface area (Å²) in [5.41, 5.74) is 2.13. The zero-order valence-corrected chi connectivity index (χ0v) is 12.8. The van der Waals surface area contributed by atoms with Crippen LogP contribution in [0.1, 0.15) is 32.0 Å². The van der Waals surface area contributed by atoms with Crippen LogP contribution in [-0.2, 0) is 18.2 Å². The Balaban J connectivity index is 1.57. The minimum atomic E-state index is -0.312. The molecule has 4 heteroatoms. The molecule has 0 bridgehead atoms. The third kappa shape index (κ3) is 3.11. The van der Waals surface area contributed by atoms with Crippen LogP contribution >= 0.6 is 0 Å². The molecule has 1 fully saturated rings. The number of nitrogens with zero attached hydrogens (tertiary/aromatic N) is 2. The van der Waals surface area contributed by atoms with E-state index < -0.39 is 0 Å². The highest BCUT2D eigenvalue weighted by Crippen LogP contribution is 2.34. The standard InChI is InChI=1S/C17H24N2O2/c1-3-21-14-9-12(10-14)8-13(20)11-17-18-15-6-4-5-7-16(15)19(17)2/h4-7,12-14,20H,3,8-11H2,1-2H3. The Morgan fingerprint density at radius 3 is 2.86 bits per heavy atom. The van der Waals surface area contributed by atoms with E-state index in [-0.39, 0.29) is 6.10 Å². The summed E-state index contributed by atoms with van der Waals surface area (Å²) in [6, 6.07) is 8.10. The Morgan fingerprint density at radius 1 is 1.38 bits per heavy atom. The van der Waals surface area contributed by atoms with E-state index in [1.54, 1.807) is 0 Å². The lowest BCUT2D eigenvalue weighted by Gasteiger charge is -2.36. The van der Waals surface area contributed by atoms with E-state index in [0.717, 1.165) is 42.7 Å². The Morgan fingerprint density at radius 2 is 2.14 bits per heavy atom. The van der Waals surface area contributed by atoms with Crippen LogP contribution in [0.2, 0.25) is 0 Å². The number of hydrogen-bond donors (Lipinski definition) is 1. The number of fused-ring (bicyclic) bond motifs is 1. The van der Waals surface area contributed by atoms with Gasteiger partial charge >= 0.3 is 0 Å². The highest BCUT2D eigenvalue weighted by atomic mass is 16.5. The fourth-order valence-electron chi connectivity index (χ4n) is 3.30. The first kappa shape index (κ1) is 14.5. The van der Waals surface area contributed by atoms with Gasteiger partial charge in [-0.1, -0.05) is 12.1 Å². The predicted octanol–water partition coefficient (Wildman–Crippen LogP) is 2.68. The van der Waals surface area contributed by atoms with Crippen LogP contribution in [-0.4, -0.2) is 33.5 Å². The number of para-hydroxylation sites is 2. The van der Waals surface area contributed by atoms with Gasteiger partial charge in [-0.05, 0) is 44.2 Å². The fourth-order valence-corrected chi connectivity index (χ4v) is 3.30. The molecule has 3 rings (SSSR count). The molecule has 1 aromatic carbocycles. The number of aliphatic hydroxyl groups excluding tert-OH is 1. The molecule has 1 aliphatic carbocycles. The van der Waals surface area contributed by atoms with E-state index in [1.165, 1.54) is 0 Å². The smallest absolute Gasteiger partial charge is 0.112 e. The van der Waals surface area contributed by atoms with Gasteiger partial charge in [0.1, 0.15) is 5.82 Å². The van der Waals surface area contributed by atoms with Crippen molar-refractivity contribution >= 4 is 11.0 Å². The van der Waals surface area contributed by atoms with Crippen molar-refractivity contribution in [1.82, 2.24) is 9.55 Å². The Kier molecular flexibility index (Phi) is 4.27. The third-order valence-corrected chi connectivity index (χ3v) is 4.50. The lowest BCUT2D eigenvalue weighted by atomic mass is 9.78. The average Bonchev–Trinajstić information content (AvgIpc) is 2.74. The van der Waals surface area contributed by atoms with Crippen molar-refractivity contribution in [2.45, 2.75) is 44.8 Å². The van der Waals surface area contributed by atoms with Gasteiger partial charge in [-0.3, -0.25) is 0 Å². The van der Waals surface area contributed by atoms with Gasteiger partial charge < -0.3 is 14.4 Å². The molecule has 0 amide bonds. The molecule has 1 aromatic heterocycles. The van der Waals surface area contributed by atoms with Gasteiger partial charge in [0, 0.05) is 20.1 Å². The van der Waals surface area contributed by atoms with Crippen molar-refractivity contribution in [3.63, 3.8) is 0 Å². The minimum absolute atomic E-state index is 0.312. The normalized spacial score (nSPS) is 23.2. The maximum atomic E-state index is 10.3. The van der Waals surface area contributed by atoms with Crippen LogP contribution in [0.15, 0.2) is 24.3 Å². The highest BCUT2D eigenvalue weighted by molar-refractivity contribution is 5.75. The van der Waals surface area contributed by atoms with Crippen molar-refractivity contribution in [2.24, 2.45) is 13.0 Å². The van der Waals surface area contributed by atoms with Crippen LogP contribution in [0.5, 0.6) is 0 Å². The quantitative estimate of drug-likeness (QED) is 0.889. The molecule has 0 spiro atoms. The van der Waals surface area contributed by atoms with Crippen molar-refractivity contribution in [1.29, 1.82) is 0 Å². The van der Waals surface area contributed by atoms with Gasteiger partial charge in [0.15, 0.2) is 0 Å². The Bertz CT molecular complexity index is 602. The molecule has 0 radical (unpaired) electrons. The summed E-state index contributed by atoms with van der Waals surface area (Å²) in [5, 5.41) is 10.3. The van der Waals surface area contributed by atoms with Crippen LogP contribution in [0, 0.1) is 5.92 Å². The number of imidazole rings is 1. The number of ether oxygens (including phenoxy) is 1. The maximum Gasteiger partial charge on any atom is 0.112 e. The van der Waals surface area contributed by atoms with Gasteiger partial charge in [0.25, 0.3) is 0 Å². The molecule has 0 aliphatic heterocycles. The molecule has 4 nitrogen and oxygen atoms in total. The number of hydrogen-bond acceptors (Lipinski definition) is 3. The second-order valence-electron chi connectivity index (χ2n) is 6.08. The number of aromatic nitrogens is 2. The molecule has 1 N–H and O–H groups in total. The topological polar surface area (TPSA) is 47.3 Å². The SMILES string of the molecule is CCOC1CC(CC(O)Cc2nc3ccccc3n2C)C1. The summed E-state index contributed by atoms with van der Waals surface area (Å²) >= 11 is 0. The summed E-state index contributed by atoms with van der Waals surface area (Å²) in [6.07, 6.45) is 3.77. The summed E-state index contributed by atoms with van der Waals surface area (Å²) in [6.45, 7) is 2.83. The van der Waals surface area contributed by atoms with Gasteiger partial charge in [-0.15, -0.1) is 0 Å². The van der Waals surface area contributed by atoms with E-state index in [2.05, 4.69) is 15.6 Å². The summed E-state index contributed by atoms with van der Waals surface area (Å²) < 4.78 is 7.65. The van der Waals surface area contributed by atoms with Gasteiger partial charge in [0.05, 0.1) is 23.2 Å². The predicted molar refractivity (Wildman–Crippen MR) is 83.2 cm³/mol. The molecule has 114 valence electrons. The van der Waals surface area contributed by atoms with E-state index in [0.29, 0.717) is 18.4 Å².